The average Bonchev–Trinajstić information content (AvgIpc) is 2.03. The first kappa shape index (κ1) is 12.9. The molecule has 1 amide bonds. The number of carboxylic acid groups (broad SMARTS) is 1. The predicted octanol–water partition coefficient (Wildman–Crippen LogP) is -0.0362. The minimum absolute atomic E-state index is 0.0704. The minimum Gasteiger partial charge on any atom is -0.480 e. The Morgan fingerprint density at radius 3 is 2.36 bits per heavy atom. The molecule has 0 radical (unpaired) electrons. The van der Waals surface area contributed by atoms with Crippen molar-refractivity contribution in [3.05, 3.63) is 0 Å². The first-order valence-electron chi connectivity index (χ1n) is 4.73. The summed E-state index contributed by atoms with van der Waals surface area (Å²) in [7, 11) is 0. The molecule has 0 heterocycles. The van der Waals surface area contributed by atoms with Gasteiger partial charge in [0.15, 0.2) is 0 Å². The molecule has 0 aromatic rings. The van der Waals surface area contributed by atoms with Gasteiger partial charge in [-0.3, -0.25) is 9.59 Å². The highest BCUT2D eigenvalue weighted by Crippen LogP contribution is 1.91. The predicted molar refractivity (Wildman–Crippen MR) is 53.0 cm³/mol. The second kappa shape index (κ2) is 6.37. The fourth-order valence-corrected chi connectivity index (χ4v) is 1.06. The fraction of sp³-hybridized carbons (Fsp3) is 0.778. The SMILES string of the molecule is CCNC(C)CC(=O)NC(C)C(=O)O. The summed E-state index contributed by atoms with van der Waals surface area (Å²) in [4.78, 5) is 21.6. The first-order valence-corrected chi connectivity index (χ1v) is 4.73. The monoisotopic (exact) mass is 202 g/mol. The van der Waals surface area contributed by atoms with Gasteiger partial charge in [-0.25, -0.2) is 0 Å². The van der Waals surface area contributed by atoms with Crippen LogP contribution < -0.4 is 10.6 Å². The minimum atomic E-state index is -1.02. The van der Waals surface area contributed by atoms with Crippen molar-refractivity contribution in [1.82, 2.24) is 10.6 Å². The maximum Gasteiger partial charge on any atom is 0.325 e. The van der Waals surface area contributed by atoms with E-state index in [1.165, 1.54) is 6.92 Å². The Hall–Kier alpha value is -1.10. The molecule has 5 nitrogen and oxygen atoms in total. The Labute approximate surface area is 83.9 Å². The van der Waals surface area contributed by atoms with E-state index in [2.05, 4.69) is 10.6 Å². The highest BCUT2D eigenvalue weighted by Gasteiger charge is 2.15. The fourth-order valence-electron chi connectivity index (χ4n) is 1.06. The highest BCUT2D eigenvalue weighted by molar-refractivity contribution is 5.83. The third kappa shape index (κ3) is 5.53. The molecule has 0 fully saturated rings. The van der Waals surface area contributed by atoms with Crippen LogP contribution in [-0.2, 0) is 9.59 Å². The quantitative estimate of drug-likeness (QED) is 0.565. The summed E-state index contributed by atoms with van der Waals surface area (Å²) in [5.41, 5.74) is 0. The Morgan fingerprint density at radius 1 is 1.36 bits per heavy atom. The van der Waals surface area contributed by atoms with Crippen molar-refractivity contribution >= 4 is 11.9 Å². The Bertz CT molecular complexity index is 206. The Balaban J connectivity index is 3.80. The summed E-state index contributed by atoms with van der Waals surface area (Å²) in [5, 5.41) is 14.0. The average molecular weight is 202 g/mol. The molecule has 0 saturated heterocycles. The third-order valence-electron chi connectivity index (χ3n) is 1.79. The molecular formula is C9H18N2O3. The van der Waals surface area contributed by atoms with Crippen LogP contribution in [0.3, 0.4) is 0 Å². The van der Waals surface area contributed by atoms with Gasteiger partial charge in [0.2, 0.25) is 5.91 Å². The maximum absolute atomic E-state index is 11.2. The van der Waals surface area contributed by atoms with Gasteiger partial charge in [0, 0.05) is 12.5 Å². The number of hydrogen-bond acceptors (Lipinski definition) is 3. The molecule has 0 aliphatic rings. The number of aliphatic carboxylic acids is 1. The van der Waals surface area contributed by atoms with Crippen molar-refractivity contribution in [2.24, 2.45) is 0 Å². The van der Waals surface area contributed by atoms with Crippen LogP contribution in [0.5, 0.6) is 0 Å². The van der Waals surface area contributed by atoms with Crippen LogP contribution in [0.15, 0.2) is 0 Å². The van der Waals surface area contributed by atoms with E-state index in [-0.39, 0.29) is 11.9 Å². The number of carbonyl (C=O) groups excluding carboxylic acids is 1. The second-order valence-electron chi connectivity index (χ2n) is 3.29. The molecule has 2 unspecified atom stereocenters. The van der Waals surface area contributed by atoms with Gasteiger partial charge in [0.1, 0.15) is 6.04 Å². The summed E-state index contributed by atoms with van der Waals surface area (Å²) >= 11 is 0. The number of rotatable bonds is 6. The third-order valence-corrected chi connectivity index (χ3v) is 1.79. The normalized spacial score (nSPS) is 14.5. The molecule has 3 N–H and O–H groups in total. The zero-order valence-electron chi connectivity index (χ0n) is 8.83. The summed E-state index contributed by atoms with van der Waals surface area (Å²) in [6.07, 6.45) is 0.297. The number of hydrogen-bond donors (Lipinski definition) is 3. The molecule has 0 aromatic heterocycles. The number of carbonyl (C=O) groups is 2. The lowest BCUT2D eigenvalue weighted by Gasteiger charge is -2.13. The second-order valence-corrected chi connectivity index (χ2v) is 3.29. The molecule has 82 valence electrons. The summed E-state index contributed by atoms with van der Waals surface area (Å²) in [5.74, 6) is -1.26. The molecule has 0 aromatic carbocycles. The smallest absolute Gasteiger partial charge is 0.325 e. The maximum atomic E-state index is 11.2. The van der Waals surface area contributed by atoms with Crippen LogP contribution in [0.1, 0.15) is 27.2 Å². The lowest BCUT2D eigenvalue weighted by Crippen LogP contribution is -2.41. The first-order chi connectivity index (χ1) is 6.47. The summed E-state index contributed by atoms with van der Waals surface area (Å²) < 4.78 is 0. The summed E-state index contributed by atoms with van der Waals surface area (Å²) in [6, 6.07) is -0.752. The molecule has 2 atom stereocenters. The molecule has 0 aliphatic heterocycles. The molecule has 0 bridgehead atoms. The summed E-state index contributed by atoms with van der Waals surface area (Å²) in [6.45, 7) is 6.07. The Morgan fingerprint density at radius 2 is 1.93 bits per heavy atom. The zero-order valence-corrected chi connectivity index (χ0v) is 8.83. The largest absolute Gasteiger partial charge is 0.480 e. The van der Waals surface area contributed by atoms with E-state index in [0.29, 0.717) is 6.42 Å². The molecule has 0 spiro atoms. The van der Waals surface area contributed by atoms with Gasteiger partial charge in [-0.1, -0.05) is 6.92 Å². The van der Waals surface area contributed by atoms with Crippen LogP contribution in [-0.4, -0.2) is 35.6 Å². The van der Waals surface area contributed by atoms with Gasteiger partial charge in [0.05, 0.1) is 0 Å². The number of carboxylic acids is 1. The van der Waals surface area contributed by atoms with Gasteiger partial charge < -0.3 is 15.7 Å². The van der Waals surface area contributed by atoms with Crippen molar-refractivity contribution in [3.63, 3.8) is 0 Å². The molecule has 0 saturated carbocycles. The topological polar surface area (TPSA) is 78.4 Å². The van der Waals surface area contributed by atoms with E-state index in [9.17, 15) is 9.59 Å². The van der Waals surface area contributed by atoms with E-state index < -0.39 is 12.0 Å². The van der Waals surface area contributed by atoms with Crippen molar-refractivity contribution < 1.29 is 14.7 Å². The van der Waals surface area contributed by atoms with Gasteiger partial charge in [0.25, 0.3) is 0 Å². The van der Waals surface area contributed by atoms with Crippen LogP contribution >= 0.6 is 0 Å². The molecule has 0 rings (SSSR count). The standard InChI is InChI=1S/C9H18N2O3/c1-4-10-6(2)5-8(12)11-7(3)9(13)14/h6-7,10H,4-5H2,1-3H3,(H,11,12)(H,13,14). The lowest BCUT2D eigenvalue weighted by molar-refractivity contribution is -0.141. The van der Waals surface area contributed by atoms with Gasteiger partial charge in [-0.05, 0) is 20.4 Å². The van der Waals surface area contributed by atoms with Crippen LogP contribution in [0.25, 0.3) is 0 Å². The van der Waals surface area contributed by atoms with Gasteiger partial charge in [-0.15, -0.1) is 0 Å². The Kier molecular flexibility index (Phi) is 5.87. The van der Waals surface area contributed by atoms with Crippen LogP contribution in [0.2, 0.25) is 0 Å². The van der Waals surface area contributed by atoms with Gasteiger partial charge >= 0.3 is 5.97 Å². The van der Waals surface area contributed by atoms with Crippen LogP contribution in [0, 0.1) is 0 Å². The van der Waals surface area contributed by atoms with Crippen molar-refractivity contribution in [3.8, 4) is 0 Å². The van der Waals surface area contributed by atoms with E-state index in [1.807, 2.05) is 13.8 Å². The van der Waals surface area contributed by atoms with Crippen molar-refractivity contribution in [1.29, 1.82) is 0 Å². The van der Waals surface area contributed by atoms with E-state index in [1.54, 1.807) is 0 Å². The molecule has 5 heteroatoms. The van der Waals surface area contributed by atoms with Crippen molar-refractivity contribution in [2.75, 3.05) is 6.54 Å². The highest BCUT2D eigenvalue weighted by atomic mass is 16.4. The molecule has 14 heavy (non-hydrogen) atoms. The van der Waals surface area contributed by atoms with Crippen LogP contribution in [0.4, 0.5) is 0 Å². The molecule has 0 aliphatic carbocycles. The zero-order chi connectivity index (χ0) is 11.1. The number of nitrogens with one attached hydrogen (secondary N) is 2. The van der Waals surface area contributed by atoms with E-state index >= 15 is 0 Å². The van der Waals surface area contributed by atoms with E-state index in [4.69, 9.17) is 5.11 Å². The number of amides is 1. The lowest BCUT2D eigenvalue weighted by atomic mass is 10.2. The van der Waals surface area contributed by atoms with Gasteiger partial charge in [-0.2, -0.15) is 0 Å². The van der Waals surface area contributed by atoms with Crippen molar-refractivity contribution in [2.45, 2.75) is 39.3 Å². The molecular weight excluding hydrogens is 184 g/mol. The van der Waals surface area contributed by atoms with E-state index in [0.717, 1.165) is 6.54 Å².